The first kappa shape index (κ1) is 13.1. The Morgan fingerprint density at radius 1 is 1.39 bits per heavy atom. The van der Waals surface area contributed by atoms with Gasteiger partial charge in [0.15, 0.2) is 0 Å². The van der Waals surface area contributed by atoms with Gasteiger partial charge < -0.3 is 15.0 Å². The van der Waals surface area contributed by atoms with Gasteiger partial charge in [-0.3, -0.25) is 0 Å². The van der Waals surface area contributed by atoms with Gasteiger partial charge in [0.2, 0.25) is 5.88 Å². The van der Waals surface area contributed by atoms with E-state index in [9.17, 15) is 0 Å². The Bertz CT molecular complexity index is 364. The van der Waals surface area contributed by atoms with Crippen molar-refractivity contribution in [2.75, 3.05) is 32.1 Å². The third-order valence-corrected chi connectivity index (χ3v) is 3.17. The van der Waals surface area contributed by atoms with Crippen LogP contribution in [0.1, 0.15) is 26.2 Å². The minimum absolute atomic E-state index is 0.509. The van der Waals surface area contributed by atoms with E-state index in [0.29, 0.717) is 18.5 Å². The zero-order chi connectivity index (χ0) is 12.8. The summed E-state index contributed by atoms with van der Waals surface area (Å²) in [6, 6.07) is 2.39. The summed E-state index contributed by atoms with van der Waals surface area (Å²) in [5, 5.41) is 3.46. The summed E-state index contributed by atoms with van der Waals surface area (Å²) < 4.78 is 5.50. The Balaban J connectivity index is 1.88. The lowest BCUT2D eigenvalue weighted by Crippen LogP contribution is -2.36. The molecule has 1 N–H and O–H groups in total. The average Bonchev–Trinajstić information content (AvgIpc) is 2.40. The molecule has 18 heavy (non-hydrogen) atoms. The molecule has 1 aliphatic rings. The molecule has 0 radical (unpaired) electrons. The normalized spacial score (nSPS) is 17.7. The van der Waals surface area contributed by atoms with Gasteiger partial charge in [-0.15, -0.1) is 0 Å². The van der Waals surface area contributed by atoms with E-state index in [4.69, 9.17) is 4.74 Å². The lowest BCUT2D eigenvalue weighted by Gasteiger charge is -2.29. The van der Waals surface area contributed by atoms with Crippen LogP contribution >= 0.6 is 0 Å². The summed E-state index contributed by atoms with van der Waals surface area (Å²) in [6.07, 6.45) is 4.86. The number of ether oxygens (including phenoxy) is 1. The van der Waals surface area contributed by atoms with Crippen LogP contribution in [0.2, 0.25) is 0 Å². The largest absolute Gasteiger partial charge is 0.478 e. The molecule has 2 rings (SSSR count). The molecule has 5 heteroatoms. The summed E-state index contributed by atoms with van der Waals surface area (Å²) in [5.74, 6) is 1.52. The maximum absolute atomic E-state index is 5.50. The highest BCUT2D eigenvalue weighted by Crippen LogP contribution is 2.16. The van der Waals surface area contributed by atoms with Crippen LogP contribution in [0, 0.1) is 0 Å². The summed E-state index contributed by atoms with van der Waals surface area (Å²) in [6.45, 7) is 5.06. The predicted octanol–water partition coefficient (Wildman–Crippen LogP) is 1.77. The smallest absolute Gasteiger partial charge is 0.218 e. The van der Waals surface area contributed by atoms with Crippen LogP contribution in [0.3, 0.4) is 0 Å². The van der Waals surface area contributed by atoms with Gasteiger partial charge in [0.25, 0.3) is 0 Å². The molecule has 0 bridgehead atoms. The van der Waals surface area contributed by atoms with Crippen LogP contribution in [0.25, 0.3) is 0 Å². The molecule has 0 aromatic carbocycles. The zero-order valence-electron chi connectivity index (χ0n) is 11.2. The maximum Gasteiger partial charge on any atom is 0.218 e. The molecule has 100 valence electrons. The van der Waals surface area contributed by atoms with Gasteiger partial charge in [-0.1, -0.05) is 6.92 Å². The third kappa shape index (κ3) is 3.84. The van der Waals surface area contributed by atoms with E-state index in [1.165, 1.54) is 0 Å². The lowest BCUT2D eigenvalue weighted by atomic mass is 10.1. The van der Waals surface area contributed by atoms with Gasteiger partial charge in [0, 0.05) is 12.1 Å². The minimum atomic E-state index is 0.509. The summed E-state index contributed by atoms with van der Waals surface area (Å²) in [4.78, 5) is 10.7. The summed E-state index contributed by atoms with van der Waals surface area (Å²) in [5.41, 5.74) is 0. The number of hydrogen-bond acceptors (Lipinski definition) is 5. The van der Waals surface area contributed by atoms with Crippen molar-refractivity contribution in [3.05, 3.63) is 12.4 Å². The fraction of sp³-hybridized carbons (Fsp3) is 0.692. The van der Waals surface area contributed by atoms with Gasteiger partial charge in [-0.05, 0) is 39.4 Å². The number of rotatable bonds is 5. The van der Waals surface area contributed by atoms with E-state index < -0.39 is 0 Å². The molecule has 1 fully saturated rings. The molecule has 0 spiro atoms. The van der Waals surface area contributed by atoms with Crippen molar-refractivity contribution in [2.24, 2.45) is 0 Å². The van der Waals surface area contributed by atoms with Crippen molar-refractivity contribution in [3.63, 3.8) is 0 Å². The monoisotopic (exact) mass is 250 g/mol. The second-order valence-electron chi connectivity index (χ2n) is 4.81. The number of piperidine rings is 1. The van der Waals surface area contributed by atoms with Crippen molar-refractivity contribution in [1.29, 1.82) is 0 Å². The Hall–Kier alpha value is -1.36. The molecule has 1 aromatic heterocycles. The first-order valence-electron chi connectivity index (χ1n) is 6.68. The number of nitrogens with one attached hydrogen (secondary N) is 1. The quantitative estimate of drug-likeness (QED) is 0.863. The van der Waals surface area contributed by atoms with E-state index in [1.807, 2.05) is 6.07 Å². The molecule has 1 aromatic rings. The fourth-order valence-corrected chi connectivity index (χ4v) is 2.07. The molecule has 2 heterocycles. The number of hydrogen-bond donors (Lipinski definition) is 1. The van der Waals surface area contributed by atoms with Crippen LogP contribution in [-0.4, -0.2) is 47.7 Å². The third-order valence-electron chi connectivity index (χ3n) is 3.17. The first-order valence-corrected chi connectivity index (χ1v) is 6.68. The van der Waals surface area contributed by atoms with E-state index >= 15 is 0 Å². The summed E-state index contributed by atoms with van der Waals surface area (Å²) >= 11 is 0. The lowest BCUT2D eigenvalue weighted by molar-refractivity contribution is 0.263. The molecule has 1 saturated heterocycles. The van der Waals surface area contributed by atoms with Gasteiger partial charge in [-0.2, -0.15) is 0 Å². The number of anilines is 1. The Morgan fingerprint density at radius 2 is 2.17 bits per heavy atom. The van der Waals surface area contributed by atoms with E-state index in [-0.39, 0.29) is 0 Å². The number of nitrogens with zero attached hydrogens (tertiary/aromatic N) is 3. The van der Waals surface area contributed by atoms with Crippen LogP contribution in [0.15, 0.2) is 12.4 Å². The van der Waals surface area contributed by atoms with E-state index in [1.54, 1.807) is 6.33 Å². The Kier molecular flexibility index (Phi) is 4.75. The molecular weight excluding hydrogens is 228 g/mol. The Morgan fingerprint density at radius 3 is 2.89 bits per heavy atom. The predicted molar refractivity (Wildman–Crippen MR) is 72.0 cm³/mol. The molecule has 0 saturated carbocycles. The minimum Gasteiger partial charge on any atom is -0.478 e. The zero-order valence-corrected chi connectivity index (χ0v) is 11.2. The second kappa shape index (κ2) is 6.54. The molecule has 0 atom stereocenters. The highest BCUT2D eigenvalue weighted by molar-refractivity contribution is 5.38. The van der Waals surface area contributed by atoms with Gasteiger partial charge in [0.05, 0.1) is 6.61 Å². The number of aromatic nitrogens is 2. The molecule has 0 amide bonds. The highest BCUT2D eigenvalue weighted by atomic mass is 16.5. The fourth-order valence-electron chi connectivity index (χ4n) is 2.07. The Labute approximate surface area is 109 Å². The molecular formula is C13H22N4O. The van der Waals surface area contributed by atoms with Crippen molar-refractivity contribution >= 4 is 5.82 Å². The average molecular weight is 250 g/mol. The maximum atomic E-state index is 5.50. The van der Waals surface area contributed by atoms with Crippen molar-refractivity contribution in [3.8, 4) is 5.88 Å². The second-order valence-corrected chi connectivity index (χ2v) is 4.81. The molecule has 0 unspecified atom stereocenters. The summed E-state index contributed by atoms with van der Waals surface area (Å²) in [7, 11) is 2.16. The molecule has 0 aliphatic carbocycles. The van der Waals surface area contributed by atoms with Crippen LogP contribution < -0.4 is 10.1 Å². The topological polar surface area (TPSA) is 50.3 Å². The standard InChI is InChI=1S/C13H22N4O/c1-3-8-18-13-9-12(14-10-15-13)16-11-4-6-17(2)7-5-11/h9-11H,3-8H2,1-2H3,(H,14,15,16). The van der Waals surface area contributed by atoms with Gasteiger partial charge in [0.1, 0.15) is 12.1 Å². The highest BCUT2D eigenvalue weighted by Gasteiger charge is 2.16. The van der Waals surface area contributed by atoms with Crippen molar-refractivity contribution < 1.29 is 4.74 Å². The van der Waals surface area contributed by atoms with Crippen LogP contribution in [0.4, 0.5) is 5.82 Å². The van der Waals surface area contributed by atoms with Gasteiger partial charge >= 0.3 is 0 Å². The SMILES string of the molecule is CCCOc1cc(NC2CCN(C)CC2)ncn1. The van der Waals surface area contributed by atoms with E-state index in [0.717, 1.165) is 38.2 Å². The molecule has 5 nitrogen and oxygen atoms in total. The van der Waals surface area contributed by atoms with Crippen LogP contribution in [0.5, 0.6) is 5.88 Å². The van der Waals surface area contributed by atoms with Gasteiger partial charge in [-0.25, -0.2) is 9.97 Å². The van der Waals surface area contributed by atoms with Crippen LogP contribution in [-0.2, 0) is 0 Å². The molecule has 1 aliphatic heterocycles. The van der Waals surface area contributed by atoms with Crippen molar-refractivity contribution in [2.45, 2.75) is 32.2 Å². The first-order chi connectivity index (χ1) is 8.78. The number of likely N-dealkylation sites (tertiary alicyclic amines) is 1. The van der Waals surface area contributed by atoms with Crippen molar-refractivity contribution in [1.82, 2.24) is 14.9 Å². The van der Waals surface area contributed by atoms with E-state index in [2.05, 4.69) is 34.2 Å².